The lowest BCUT2D eigenvalue weighted by atomic mass is 10.0. The first kappa shape index (κ1) is 17.5. The molecule has 0 atom stereocenters. The number of nitrogens with zero attached hydrogens (tertiary/aromatic N) is 3. The van der Waals surface area contributed by atoms with Gasteiger partial charge in [-0.1, -0.05) is 0 Å². The normalized spacial score (nSPS) is 20.4. The standard InChI is InChI=1S/C20H24N4O4/c1-14-12-18(22-15-2-3-16-17(13-15)26-9-8-25-16)23-19(21-14)24-6-4-20(5-7-24)27-10-11-28-20/h2-3,12-13H,4-11H2,1H3,(H,21,22,23). The molecule has 0 bridgehead atoms. The molecule has 5 rings (SSSR count). The number of anilines is 3. The molecule has 2 fully saturated rings. The highest BCUT2D eigenvalue weighted by Gasteiger charge is 2.40. The fourth-order valence-electron chi connectivity index (χ4n) is 3.86. The van der Waals surface area contributed by atoms with Crippen LogP contribution in [-0.2, 0) is 9.47 Å². The Labute approximate surface area is 163 Å². The molecule has 2 aromatic rings. The van der Waals surface area contributed by atoms with Crippen molar-refractivity contribution in [2.45, 2.75) is 25.6 Å². The quantitative estimate of drug-likeness (QED) is 0.865. The van der Waals surface area contributed by atoms with Crippen LogP contribution in [0.5, 0.6) is 11.5 Å². The van der Waals surface area contributed by atoms with E-state index in [0.717, 1.165) is 60.6 Å². The molecule has 1 N–H and O–H groups in total. The van der Waals surface area contributed by atoms with Crippen LogP contribution in [0.1, 0.15) is 18.5 Å². The van der Waals surface area contributed by atoms with Gasteiger partial charge in [0.2, 0.25) is 5.95 Å². The van der Waals surface area contributed by atoms with Gasteiger partial charge < -0.3 is 29.2 Å². The molecule has 8 heteroatoms. The molecule has 1 aromatic heterocycles. The maximum absolute atomic E-state index is 5.81. The number of fused-ring (bicyclic) bond motifs is 1. The highest BCUT2D eigenvalue weighted by molar-refractivity contribution is 5.62. The first-order chi connectivity index (χ1) is 13.7. The Morgan fingerprint density at radius 3 is 2.46 bits per heavy atom. The van der Waals surface area contributed by atoms with Crippen LogP contribution >= 0.6 is 0 Å². The average Bonchev–Trinajstić information content (AvgIpc) is 3.16. The van der Waals surface area contributed by atoms with Crippen molar-refractivity contribution in [1.82, 2.24) is 9.97 Å². The second-order valence-electron chi connectivity index (χ2n) is 7.27. The molecule has 28 heavy (non-hydrogen) atoms. The molecule has 8 nitrogen and oxygen atoms in total. The molecule has 0 saturated carbocycles. The topological polar surface area (TPSA) is 78.0 Å². The van der Waals surface area contributed by atoms with Crippen LogP contribution in [0.25, 0.3) is 0 Å². The van der Waals surface area contributed by atoms with E-state index < -0.39 is 5.79 Å². The van der Waals surface area contributed by atoms with E-state index in [0.29, 0.717) is 26.4 Å². The zero-order chi connectivity index (χ0) is 19.0. The SMILES string of the molecule is Cc1cc(Nc2ccc3c(c2)OCCO3)nc(N2CCC3(CC2)OCCO3)n1. The van der Waals surface area contributed by atoms with Gasteiger partial charge in [0.05, 0.1) is 13.2 Å². The molecular weight excluding hydrogens is 360 g/mol. The van der Waals surface area contributed by atoms with Gasteiger partial charge in [-0.05, 0) is 19.1 Å². The Morgan fingerprint density at radius 1 is 0.929 bits per heavy atom. The average molecular weight is 384 g/mol. The van der Waals surface area contributed by atoms with Crippen LogP contribution in [0.3, 0.4) is 0 Å². The van der Waals surface area contributed by atoms with Crippen molar-refractivity contribution < 1.29 is 18.9 Å². The number of benzene rings is 1. The maximum Gasteiger partial charge on any atom is 0.227 e. The number of piperidine rings is 1. The third-order valence-electron chi connectivity index (χ3n) is 5.28. The van der Waals surface area contributed by atoms with Gasteiger partial charge in [-0.25, -0.2) is 4.98 Å². The molecule has 0 amide bonds. The number of ether oxygens (including phenoxy) is 4. The van der Waals surface area contributed by atoms with Gasteiger partial charge in [-0.3, -0.25) is 0 Å². The predicted octanol–water partition coefficient (Wildman–Crippen LogP) is 2.64. The van der Waals surface area contributed by atoms with Gasteiger partial charge >= 0.3 is 0 Å². The van der Waals surface area contributed by atoms with E-state index in [4.69, 9.17) is 23.9 Å². The van der Waals surface area contributed by atoms with Crippen LogP contribution in [0.4, 0.5) is 17.5 Å². The summed E-state index contributed by atoms with van der Waals surface area (Å²) in [5.41, 5.74) is 1.82. The van der Waals surface area contributed by atoms with E-state index in [1.165, 1.54) is 0 Å². The second kappa shape index (κ2) is 7.10. The van der Waals surface area contributed by atoms with E-state index in [9.17, 15) is 0 Å². The van der Waals surface area contributed by atoms with Gasteiger partial charge in [0.25, 0.3) is 0 Å². The first-order valence-electron chi connectivity index (χ1n) is 9.74. The van der Waals surface area contributed by atoms with Gasteiger partial charge in [0.1, 0.15) is 19.0 Å². The summed E-state index contributed by atoms with van der Waals surface area (Å²) in [5, 5.41) is 3.36. The summed E-state index contributed by atoms with van der Waals surface area (Å²) in [4.78, 5) is 11.6. The monoisotopic (exact) mass is 384 g/mol. The number of nitrogens with one attached hydrogen (secondary N) is 1. The number of aromatic nitrogens is 2. The molecule has 0 aliphatic carbocycles. The summed E-state index contributed by atoms with van der Waals surface area (Å²) in [5.74, 6) is 2.61. The van der Waals surface area contributed by atoms with Crippen LogP contribution in [0, 0.1) is 6.92 Å². The smallest absolute Gasteiger partial charge is 0.227 e. The summed E-state index contributed by atoms with van der Waals surface area (Å²) >= 11 is 0. The lowest BCUT2D eigenvalue weighted by Gasteiger charge is -2.37. The number of hydrogen-bond donors (Lipinski definition) is 1. The number of hydrogen-bond acceptors (Lipinski definition) is 8. The van der Waals surface area contributed by atoms with E-state index in [1.54, 1.807) is 0 Å². The summed E-state index contributed by atoms with van der Waals surface area (Å²) < 4.78 is 22.9. The molecule has 1 spiro atoms. The van der Waals surface area contributed by atoms with Crippen molar-refractivity contribution in [3.63, 3.8) is 0 Å². The van der Waals surface area contributed by atoms with Crippen molar-refractivity contribution in [2.75, 3.05) is 49.7 Å². The van der Waals surface area contributed by atoms with Gasteiger partial charge in [-0.15, -0.1) is 0 Å². The Balaban J connectivity index is 1.32. The zero-order valence-corrected chi connectivity index (χ0v) is 15.9. The fraction of sp³-hybridized carbons (Fsp3) is 0.500. The van der Waals surface area contributed by atoms with Crippen molar-refractivity contribution in [1.29, 1.82) is 0 Å². The van der Waals surface area contributed by atoms with Crippen LogP contribution in [0.15, 0.2) is 24.3 Å². The van der Waals surface area contributed by atoms with Gasteiger partial charge in [0.15, 0.2) is 17.3 Å². The summed E-state index contributed by atoms with van der Waals surface area (Å²) in [6.07, 6.45) is 1.66. The molecule has 1 aromatic carbocycles. The van der Waals surface area contributed by atoms with E-state index in [2.05, 4.69) is 15.2 Å². The van der Waals surface area contributed by atoms with E-state index >= 15 is 0 Å². The minimum atomic E-state index is -0.396. The third kappa shape index (κ3) is 3.45. The molecule has 4 heterocycles. The molecule has 2 saturated heterocycles. The van der Waals surface area contributed by atoms with Crippen molar-refractivity contribution in [3.8, 4) is 11.5 Å². The molecule has 3 aliphatic rings. The van der Waals surface area contributed by atoms with Gasteiger partial charge in [0, 0.05) is 49.4 Å². The molecule has 0 unspecified atom stereocenters. The Morgan fingerprint density at radius 2 is 1.68 bits per heavy atom. The highest BCUT2D eigenvalue weighted by atomic mass is 16.7. The van der Waals surface area contributed by atoms with Gasteiger partial charge in [-0.2, -0.15) is 4.98 Å². The van der Waals surface area contributed by atoms with Crippen LogP contribution < -0.4 is 19.7 Å². The van der Waals surface area contributed by atoms with Crippen molar-refractivity contribution in [2.24, 2.45) is 0 Å². The van der Waals surface area contributed by atoms with Crippen molar-refractivity contribution >= 4 is 17.5 Å². The van der Waals surface area contributed by atoms with Crippen LogP contribution in [-0.4, -0.2) is 55.3 Å². The fourth-order valence-corrected chi connectivity index (χ4v) is 3.86. The second-order valence-corrected chi connectivity index (χ2v) is 7.27. The number of rotatable bonds is 3. The Kier molecular flexibility index (Phi) is 4.44. The lowest BCUT2D eigenvalue weighted by molar-refractivity contribution is -0.169. The largest absolute Gasteiger partial charge is 0.486 e. The zero-order valence-electron chi connectivity index (χ0n) is 15.9. The highest BCUT2D eigenvalue weighted by Crippen LogP contribution is 2.35. The third-order valence-corrected chi connectivity index (χ3v) is 5.28. The maximum atomic E-state index is 5.81. The van der Waals surface area contributed by atoms with Crippen molar-refractivity contribution in [3.05, 3.63) is 30.0 Å². The minimum Gasteiger partial charge on any atom is -0.486 e. The van der Waals surface area contributed by atoms with Crippen LogP contribution in [0.2, 0.25) is 0 Å². The van der Waals surface area contributed by atoms with E-state index in [-0.39, 0.29) is 0 Å². The summed E-state index contributed by atoms with van der Waals surface area (Å²) in [6, 6.07) is 7.75. The molecule has 0 radical (unpaired) electrons. The predicted molar refractivity (Wildman–Crippen MR) is 104 cm³/mol. The molecular formula is C20H24N4O4. The first-order valence-corrected chi connectivity index (χ1v) is 9.74. The summed E-state index contributed by atoms with van der Waals surface area (Å²) in [7, 11) is 0. The lowest BCUT2D eigenvalue weighted by Crippen LogP contribution is -2.45. The Hall–Kier alpha value is -2.58. The summed E-state index contributed by atoms with van der Waals surface area (Å²) in [6.45, 7) is 6.13. The minimum absolute atomic E-state index is 0.396. The number of aryl methyl sites for hydroxylation is 1. The molecule has 148 valence electrons. The molecule has 3 aliphatic heterocycles. The Bertz CT molecular complexity index is 859. The van der Waals surface area contributed by atoms with E-state index in [1.807, 2.05) is 31.2 Å².